The summed E-state index contributed by atoms with van der Waals surface area (Å²) in [5.74, 6) is 2.06. The van der Waals surface area contributed by atoms with E-state index in [1.165, 1.54) is 32.1 Å². The second kappa shape index (κ2) is 8.51. The Bertz CT molecular complexity index is 220. The molecule has 1 saturated carbocycles. The Kier molecular flexibility index (Phi) is 7.25. The highest BCUT2D eigenvalue weighted by Crippen LogP contribution is 2.23. The van der Waals surface area contributed by atoms with Gasteiger partial charge in [0.2, 0.25) is 0 Å². The van der Waals surface area contributed by atoms with Crippen LogP contribution in [-0.2, 0) is 4.74 Å². The maximum absolute atomic E-state index is 6.02. The van der Waals surface area contributed by atoms with Crippen molar-refractivity contribution >= 4 is 5.84 Å². The van der Waals surface area contributed by atoms with E-state index in [2.05, 4.69) is 18.8 Å². The Morgan fingerprint density at radius 1 is 1.29 bits per heavy atom. The normalized spacial score (nSPS) is 18.9. The fourth-order valence-corrected chi connectivity index (χ4v) is 2.22. The Labute approximate surface area is 106 Å². The van der Waals surface area contributed by atoms with E-state index >= 15 is 0 Å². The fraction of sp³-hybridized carbons (Fsp3) is 0.929. The molecule has 0 atom stereocenters. The predicted octanol–water partition coefficient (Wildman–Crippen LogP) is 2.99. The van der Waals surface area contributed by atoms with Gasteiger partial charge in [0.05, 0.1) is 5.84 Å². The van der Waals surface area contributed by atoms with E-state index in [0.717, 1.165) is 32.0 Å². The Morgan fingerprint density at radius 2 is 2.00 bits per heavy atom. The predicted molar refractivity (Wildman–Crippen MR) is 73.3 cm³/mol. The van der Waals surface area contributed by atoms with Gasteiger partial charge in [0, 0.05) is 25.7 Å². The molecular formula is C14H28N2O. The molecule has 3 heteroatoms. The zero-order valence-corrected chi connectivity index (χ0v) is 11.5. The topological polar surface area (TPSA) is 47.6 Å². The number of aliphatic imine (C=N–C) groups is 1. The van der Waals surface area contributed by atoms with Crippen molar-refractivity contribution in [1.29, 1.82) is 0 Å². The van der Waals surface area contributed by atoms with Crippen molar-refractivity contribution in [3.63, 3.8) is 0 Å². The van der Waals surface area contributed by atoms with Crippen molar-refractivity contribution < 1.29 is 4.74 Å². The van der Waals surface area contributed by atoms with Gasteiger partial charge in [-0.3, -0.25) is 4.99 Å². The highest BCUT2D eigenvalue weighted by atomic mass is 16.5. The summed E-state index contributed by atoms with van der Waals surface area (Å²) in [5.41, 5.74) is 6.02. The number of nitrogens with two attached hydrogens (primary N) is 1. The van der Waals surface area contributed by atoms with E-state index < -0.39 is 0 Å². The van der Waals surface area contributed by atoms with Gasteiger partial charge < -0.3 is 10.5 Å². The van der Waals surface area contributed by atoms with Crippen molar-refractivity contribution in [2.75, 3.05) is 19.8 Å². The van der Waals surface area contributed by atoms with Gasteiger partial charge in [-0.25, -0.2) is 0 Å². The standard InChI is InChI=1S/C14H28N2O/c1-12(2)11-17-10-6-9-16-14(15)13-7-4-3-5-8-13/h12-13H,3-11H2,1-2H3,(H2,15,16). The van der Waals surface area contributed by atoms with E-state index in [0.29, 0.717) is 11.8 Å². The summed E-state index contributed by atoms with van der Waals surface area (Å²) in [5, 5.41) is 0. The number of ether oxygens (including phenoxy) is 1. The summed E-state index contributed by atoms with van der Waals surface area (Å²) in [6.07, 6.45) is 7.46. The van der Waals surface area contributed by atoms with Gasteiger partial charge in [-0.2, -0.15) is 0 Å². The summed E-state index contributed by atoms with van der Waals surface area (Å²) in [6.45, 7) is 6.81. The van der Waals surface area contributed by atoms with Crippen LogP contribution in [0.3, 0.4) is 0 Å². The Hall–Kier alpha value is -0.570. The van der Waals surface area contributed by atoms with Crippen molar-refractivity contribution in [1.82, 2.24) is 0 Å². The smallest absolute Gasteiger partial charge is 0.0968 e. The lowest BCUT2D eigenvalue weighted by Crippen LogP contribution is -2.26. The maximum Gasteiger partial charge on any atom is 0.0968 e. The van der Waals surface area contributed by atoms with Crippen molar-refractivity contribution in [3.05, 3.63) is 0 Å². The molecule has 17 heavy (non-hydrogen) atoms. The molecule has 0 bridgehead atoms. The van der Waals surface area contributed by atoms with E-state index in [9.17, 15) is 0 Å². The lowest BCUT2D eigenvalue weighted by molar-refractivity contribution is 0.109. The van der Waals surface area contributed by atoms with Gasteiger partial charge in [-0.15, -0.1) is 0 Å². The number of nitrogens with zero attached hydrogens (tertiary/aromatic N) is 1. The minimum absolute atomic E-state index is 0.556. The van der Waals surface area contributed by atoms with Gasteiger partial charge in [-0.05, 0) is 25.2 Å². The molecule has 2 N–H and O–H groups in total. The molecule has 0 saturated heterocycles. The average molecular weight is 240 g/mol. The largest absolute Gasteiger partial charge is 0.387 e. The first-order valence-corrected chi connectivity index (χ1v) is 7.07. The van der Waals surface area contributed by atoms with Crippen LogP contribution in [0.5, 0.6) is 0 Å². The molecule has 0 aromatic heterocycles. The van der Waals surface area contributed by atoms with E-state index in [4.69, 9.17) is 10.5 Å². The SMILES string of the molecule is CC(C)COCCCN=C(N)C1CCCCC1. The van der Waals surface area contributed by atoms with Crippen LogP contribution in [0.1, 0.15) is 52.4 Å². The first kappa shape index (κ1) is 14.5. The minimum atomic E-state index is 0.556. The molecule has 1 fully saturated rings. The van der Waals surface area contributed by atoms with Gasteiger partial charge in [0.1, 0.15) is 0 Å². The molecule has 0 aromatic rings. The Morgan fingerprint density at radius 3 is 2.65 bits per heavy atom. The molecule has 0 heterocycles. The van der Waals surface area contributed by atoms with Crippen molar-refractivity contribution in [2.45, 2.75) is 52.4 Å². The van der Waals surface area contributed by atoms with Crippen LogP contribution in [-0.4, -0.2) is 25.6 Å². The van der Waals surface area contributed by atoms with E-state index in [1.807, 2.05) is 0 Å². The van der Waals surface area contributed by atoms with Gasteiger partial charge in [0.15, 0.2) is 0 Å². The molecule has 3 nitrogen and oxygen atoms in total. The highest BCUT2D eigenvalue weighted by Gasteiger charge is 2.16. The molecule has 0 aromatic carbocycles. The van der Waals surface area contributed by atoms with Crippen LogP contribution < -0.4 is 5.73 Å². The van der Waals surface area contributed by atoms with Crippen LogP contribution >= 0.6 is 0 Å². The minimum Gasteiger partial charge on any atom is -0.387 e. The molecule has 0 spiro atoms. The zero-order valence-electron chi connectivity index (χ0n) is 11.5. The molecular weight excluding hydrogens is 212 g/mol. The summed E-state index contributed by atoms with van der Waals surface area (Å²) in [6, 6.07) is 0. The maximum atomic E-state index is 6.02. The third-order valence-electron chi connectivity index (χ3n) is 3.22. The van der Waals surface area contributed by atoms with Crippen LogP contribution in [0.4, 0.5) is 0 Å². The number of rotatable bonds is 7. The fourth-order valence-electron chi connectivity index (χ4n) is 2.22. The lowest BCUT2D eigenvalue weighted by Gasteiger charge is -2.20. The monoisotopic (exact) mass is 240 g/mol. The summed E-state index contributed by atoms with van der Waals surface area (Å²) in [4.78, 5) is 4.48. The summed E-state index contributed by atoms with van der Waals surface area (Å²) >= 11 is 0. The van der Waals surface area contributed by atoms with E-state index in [1.54, 1.807) is 0 Å². The number of amidine groups is 1. The highest BCUT2D eigenvalue weighted by molar-refractivity contribution is 5.82. The molecule has 0 aliphatic heterocycles. The van der Waals surface area contributed by atoms with Crippen LogP contribution in [0, 0.1) is 11.8 Å². The molecule has 0 radical (unpaired) electrons. The quantitative estimate of drug-likeness (QED) is 0.422. The molecule has 100 valence electrons. The molecule has 0 amide bonds. The van der Waals surface area contributed by atoms with Crippen molar-refractivity contribution in [2.24, 2.45) is 22.6 Å². The summed E-state index contributed by atoms with van der Waals surface area (Å²) < 4.78 is 5.51. The third-order valence-corrected chi connectivity index (χ3v) is 3.22. The molecule has 1 aliphatic carbocycles. The van der Waals surface area contributed by atoms with Gasteiger partial charge in [0.25, 0.3) is 0 Å². The first-order valence-electron chi connectivity index (χ1n) is 7.07. The Balaban J connectivity index is 2.06. The molecule has 1 rings (SSSR count). The van der Waals surface area contributed by atoms with Crippen LogP contribution in [0.25, 0.3) is 0 Å². The third kappa shape index (κ3) is 6.67. The second-order valence-electron chi connectivity index (χ2n) is 5.46. The second-order valence-corrected chi connectivity index (χ2v) is 5.46. The van der Waals surface area contributed by atoms with Gasteiger partial charge in [-0.1, -0.05) is 33.1 Å². The zero-order chi connectivity index (χ0) is 12.5. The molecule has 0 unspecified atom stereocenters. The lowest BCUT2D eigenvalue weighted by atomic mass is 9.88. The molecule has 1 aliphatic rings. The number of hydrogen-bond donors (Lipinski definition) is 1. The van der Waals surface area contributed by atoms with Crippen LogP contribution in [0.15, 0.2) is 4.99 Å². The van der Waals surface area contributed by atoms with Crippen molar-refractivity contribution in [3.8, 4) is 0 Å². The van der Waals surface area contributed by atoms with E-state index in [-0.39, 0.29) is 0 Å². The van der Waals surface area contributed by atoms with Crippen LogP contribution in [0.2, 0.25) is 0 Å². The van der Waals surface area contributed by atoms with Gasteiger partial charge >= 0.3 is 0 Å². The first-order chi connectivity index (χ1) is 8.20. The average Bonchev–Trinajstić information content (AvgIpc) is 2.34. The summed E-state index contributed by atoms with van der Waals surface area (Å²) in [7, 11) is 0. The number of hydrogen-bond acceptors (Lipinski definition) is 2.